The molecule has 0 aromatic heterocycles. The molecular formula is C15H25N3O2S. The summed E-state index contributed by atoms with van der Waals surface area (Å²) in [7, 11) is -3.54. The van der Waals surface area contributed by atoms with E-state index in [0.29, 0.717) is 18.3 Å². The largest absolute Gasteiger partial charge is 0.398 e. The minimum Gasteiger partial charge on any atom is -0.398 e. The van der Waals surface area contributed by atoms with Gasteiger partial charge >= 0.3 is 0 Å². The summed E-state index contributed by atoms with van der Waals surface area (Å²) < 4.78 is 27.4. The zero-order valence-electron chi connectivity index (χ0n) is 13.0. The van der Waals surface area contributed by atoms with Crippen LogP contribution in [0.15, 0.2) is 17.0 Å². The first-order valence-electron chi connectivity index (χ1n) is 7.45. The lowest BCUT2D eigenvalue weighted by Gasteiger charge is -2.20. The molecule has 21 heavy (non-hydrogen) atoms. The van der Waals surface area contributed by atoms with Gasteiger partial charge in [-0.3, -0.25) is 4.90 Å². The van der Waals surface area contributed by atoms with Crippen molar-refractivity contribution < 1.29 is 8.42 Å². The van der Waals surface area contributed by atoms with Crippen molar-refractivity contribution in [1.29, 1.82) is 0 Å². The van der Waals surface area contributed by atoms with E-state index >= 15 is 0 Å². The maximum absolute atomic E-state index is 12.4. The Morgan fingerprint density at radius 2 is 1.90 bits per heavy atom. The lowest BCUT2D eigenvalue weighted by molar-refractivity contribution is 0.282. The van der Waals surface area contributed by atoms with Gasteiger partial charge in [0.15, 0.2) is 0 Å². The monoisotopic (exact) mass is 311 g/mol. The van der Waals surface area contributed by atoms with Crippen molar-refractivity contribution in [1.82, 2.24) is 9.62 Å². The number of nitrogens with one attached hydrogen (secondary N) is 1. The first kappa shape index (κ1) is 16.3. The fourth-order valence-electron chi connectivity index (χ4n) is 2.48. The summed E-state index contributed by atoms with van der Waals surface area (Å²) in [6.07, 6.45) is 2.45. The van der Waals surface area contributed by atoms with E-state index in [0.717, 1.165) is 24.2 Å². The van der Waals surface area contributed by atoms with Crippen molar-refractivity contribution in [2.45, 2.75) is 44.6 Å². The number of likely N-dealkylation sites (N-methyl/N-ethyl adjacent to an activating group) is 1. The number of nitrogen functional groups attached to an aromatic ring is 1. The second kappa shape index (κ2) is 6.34. The molecule has 6 heteroatoms. The van der Waals surface area contributed by atoms with Crippen LogP contribution in [0.1, 0.15) is 30.9 Å². The van der Waals surface area contributed by atoms with Gasteiger partial charge in [-0.25, -0.2) is 13.1 Å². The highest BCUT2D eigenvalue weighted by molar-refractivity contribution is 7.89. The molecule has 118 valence electrons. The minimum absolute atomic E-state index is 0.181. The summed E-state index contributed by atoms with van der Waals surface area (Å²) in [5, 5.41) is 0. The van der Waals surface area contributed by atoms with Crippen LogP contribution < -0.4 is 10.5 Å². The Morgan fingerprint density at radius 3 is 2.48 bits per heavy atom. The van der Waals surface area contributed by atoms with Crippen LogP contribution in [0.2, 0.25) is 0 Å². The summed E-state index contributed by atoms with van der Waals surface area (Å²) in [4.78, 5) is 2.49. The third-order valence-corrected chi connectivity index (χ3v) is 5.59. The van der Waals surface area contributed by atoms with E-state index in [1.807, 2.05) is 13.8 Å². The average molecular weight is 311 g/mol. The molecule has 0 unspecified atom stereocenters. The molecule has 5 nitrogen and oxygen atoms in total. The van der Waals surface area contributed by atoms with Crippen molar-refractivity contribution in [2.24, 2.45) is 0 Å². The molecular weight excluding hydrogens is 286 g/mol. The Hall–Kier alpha value is -1.11. The SMILES string of the molecule is CCN(CCNS(=O)(=O)c1cc(C)c(C)cc1N)C1CC1. The van der Waals surface area contributed by atoms with Gasteiger partial charge in [0, 0.05) is 19.1 Å². The highest BCUT2D eigenvalue weighted by atomic mass is 32.2. The van der Waals surface area contributed by atoms with Gasteiger partial charge in [0.25, 0.3) is 0 Å². The van der Waals surface area contributed by atoms with E-state index in [4.69, 9.17) is 5.73 Å². The average Bonchev–Trinajstić information content (AvgIpc) is 3.23. The third-order valence-electron chi connectivity index (χ3n) is 4.08. The second-order valence-corrected chi connectivity index (χ2v) is 7.47. The molecule has 0 aliphatic heterocycles. The van der Waals surface area contributed by atoms with Gasteiger partial charge in [-0.15, -0.1) is 0 Å². The normalized spacial score (nSPS) is 15.6. The molecule has 1 aromatic rings. The Bertz CT molecular complexity index is 610. The van der Waals surface area contributed by atoms with Gasteiger partial charge in [-0.2, -0.15) is 0 Å². The van der Waals surface area contributed by atoms with Gasteiger partial charge in [0.05, 0.1) is 5.69 Å². The van der Waals surface area contributed by atoms with Gasteiger partial charge in [0.2, 0.25) is 10.0 Å². The predicted molar refractivity (Wildman–Crippen MR) is 85.8 cm³/mol. The molecule has 0 saturated heterocycles. The molecule has 1 aromatic carbocycles. The number of anilines is 1. The molecule has 1 saturated carbocycles. The number of nitrogens with two attached hydrogens (primary N) is 1. The first-order valence-corrected chi connectivity index (χ1v) is 8.94. The summed E-state index contributed by atoms with van der Waals surface area (Å²) in [6, 6.07) is 4.00. The Labute approximate surface area is 127 Å². The Morgan fingerprint density at radius 1 is 1.29 bits per heavy atom. The lowest BCUT2D eigenvalue weighted by atomic mass is 10.1. The van der Waals surface area contributed by atoms with Crippen molar-refractivity contribution in [2.75, 3.05) is 25.4 Å². The third kappa shape index (κ3) is 3.96. The van der Waals surface area contributed by atoms with Crippen LogP contribution in [0.5, 0.6) is 0 Å². The molecule has 0 radical (unpaired) electrons. The lowest BCUT2D eigenvalue weighted by Crippen LogP contribution is -2.36. The Balaban J connectivity index is 2.03. The molecule has 1 aliphatic carbocycles. The maximum atomic E-state index is 12.4. The summed E-state index contributed by atoms with van der Waals surface area (Å²) >= 11 is 0. The van der Waals surface area contributed by atoms with Crippen molar-refractivity contribution >= 4 is 15.7 Å². The summed E-state index contributed by atoms with van der Waals surface area (Å²) in [6.45, 7) is 8.03. The number of hydrogen-bond donors (Lipinski definition) is 2. The van der Waals surface area contributed by atoms with Crippen LogP contribution in [0.3, 0.4) is 0 Å². The van der Waals surface area contributed by atoms with E-state index in [2.05, 4.69) is 16.5 Å². The zero-order chi connectivity index (χ0) is 15.6. The molecule has 1 aliphatic rings. The van der Waals surface area contributed by atoms with Crippen molar-refractivity contribution in [3.8, 4) is 0 Å². The van der Waals surface area contributed by atoms with E-state index in [1.54, 1.807) is 12.1 Å². The van der Waals surface area contributed by atoms with Crippen molar-refractivity contribution in [3.63, 3.8) is 0 Å². The number of benzene rings is 1. The predicted octanol–water partition coefficient (Wildman–Crippen LogP) is 1.65. The smallest absolute Gasteiger partial charge is 0.242 e. The molecule has 0 amide bonds. The summed E-state index contributed by atoms with van der Waals surface area (Å²) in [5.41, 5.74) is 8.09. The van der Waals surface area contributed by atoms with E-state index in [1.165, 1.54) is 12.8 Å². The van der Waals surface area contributed by atoms with Crippen LogP contribution in [0.4, 0.5) is 5.69 Å². The molecule has 0 spiro atoms. The second-order valence-electron chi connectivity index (χ2n) is 5.73. The molecule has 0 bridgehead atoms. The van der Waals surface area contributed by atoms with Gasteiger partial charge < -0.3 is 5.73 Å². The van der Waals surface area contributed by atoms with Gasteiger partial charge in [-0.05, 0) is 56.5 Å². The standard InChI is InChI=1S/C15H25N3O2S/c1-4-18(13-5-6-13)8-7-17-21(19,20)15-10-12(3)11(2)9-14(15)16/h9-10,13,17H,4-8,16H2,1-3H3. The fourth-order valence-corrected chi connectivity index (χ4v) is 3.70. The van der Waals surface area contributed by atoms with Crippen LogP contribution in [0, 0.1) is 13.8 Å². The molecule has 0 heterocycles. The highest BCUT2D eigenvalue weighted by Gasteiger charge is 2.27. The first-order chi connectivity index (χ1) is 9.85. The number of sulfonamides is 1. The topological polar surface area (TPSA) is 75.4 Å². The van der Waals surface area contributed by atoms with E-state index in [-0.39, 0.29) is 4.90 Å². The minimum atomic E-state index is -3.54. The maximum Gasteiger partial charge on any atom is 0.242 e. The number of hydrogen-bond acceptors (Lipinski definition) is 4. The summed E-state index contributed by atoms with van der Waals surface area (Å²) in [5.74, 6) is 0. The van der Waals surface area contributed by atoms with Gasteiger partial charge in [0.1, 0.15) is 4.90 Å². The molecule has 2 rings (SSSR count). The molecule has 0 atom stereocenters. The van der Waals surface area contributed by atoms with Crippen LogP contribution in [-0.4, -0.2) is 39.0 Å². The quantitative estimate of drug-likeness (QED) is 0.751. The zero-order valence-corrected chi connectivity index (χ0v) is 13.8. The fraction of sp³-hybridized carbons (Fsp3) is 0.600. The molecule has 1 fully saturated rings. The van der Waals surface area contributed by atoms with Crippen LogP contribution in [-0.2, 0) is 10.0 Å². The van der Waals surface area contributed by atoms with Gasteiger partial charge in [-0.1, -0.05) is 6.92 Å². The molecule has 3 N–H and O–H groups in total. The van der Waals surface area contributed by atoms with Crippen LogP contribution >= 0.6 is 0 Å². The number of nitrogens with zero attached hydrogens (tertiary/aromatic N) is 1. The van der Waals surface area contributed by atoms with E-state index in [9.17, 15) is 8.42 Å². The Kier molecular flexibility index (Phi) is 4.91. The van der Waals surface area contributed by atoms with E-state index < -0.39 is 10.0 Å². The number of aryl methyl sites for hydroxylation is 2. The van der Waals surface area contributed by atoms with Crippen LogP contribution in [0.25, 0.3) is 0 Å². The highest BCUT2D eigenvalue weighted by Crippen LogP contribution is 2.26. The van der Waals surface area contributed by atoms with Crippen molar-refractivity contribution in [3.05, 3.63) is 23.3 Å². The number of rotatable bonds is 7.